The van der Waals surface area contributed by atoms with Gasteiger partial charge < -0.3 is 19.5 Å². The van der Waals surface area contributed by atoms with Crippen LogP contribution in [0.3, 0.4) is 0 Å². The highest BCUT2D eigenvalue weighted by Crippen LogP contribution is 2.25. The number of esters is 1. The second-order valence-corrected chi connectivity index (χ2v) is 7.84. The van der Waals surface area contributed by atoms with Gasteiger partial charge in [-0.1, -0.05) is 0 Å². The van der Waals surface area contributed by atoms with Crippen molar-refractivity contribution in [3.05, 3.63) is 54.1 Å². The number of sulfone groups is 1. The SMILES string of the molecule is COc1ccc(/C=C/C(=O)OCC(=O)Nc2ccc(S(=O)(=O)C(F)F)cc2)c(OC)c1. The third kappa shape index (κ3) is 6.51. The molecule has 2 rings (SSSR count). The van der Waals surface area contributed by atoms with Gasteiger partial charge in [0.25, 0.3) is 5.91 Å². The van der Waals surface area contributed by atoms with E-state index in [1.807, 2.05) is 0 Å². The van der Waals surface area contributed by atoms with Crippen molar-refractivity contribution < 1.29 is 41.0 Å². The number of carbonyl (C=O) groups is 2. The van der Waals surface area contributed by atoms with Crippen molar-refractivity contribution in [2.45, 2.75) is 10.7 Å². The van der Waals surface area contributed by atoms with Crippen LogP contribution in [0.4, 0.5) is 14.5 Å². The van der Waals surface area contributed by atoms with Crippen molar-refractivity contribution in [3.63, 3.8) is 0 Å². The van der Waals surface area contributed by atoms with Gasteiger partial charge in [0.1, 0.15) is 11.5 Å². The van der Waals surface area contributed by atoms with Crippen LogP contribution >= 0.6 is 0 Å². The molecule has 1 amide bonds. The molecule has 31 heavy (non-hydrogen) atoms. The lowest BCUT2D eigenvalue weighted by atomic mass is 10.2. The van der Waals surface area contributed by atoms with Gasteiger partial charge in [-0.25, -0.2) is 13.2 Å². The molecule has 2 aromatic carbocycles. The van der Waals surface area contributed by atoms with Crippen LogP contribution in [-0.2, 0) is 24.2 Å². The van der Waals surface area contributed by atoms with E-state index in [1.54, 1.807) is 18.2 Å². The minimum absolute atomic E-state index is 0.146. The van der Waals surface area contributed by atoms with Crippen LogP contribution in [0.15, 0.2) is 53.4 Å². The fourth-order valence-corrected chi connectivity index (χ4v) is 3.05. The number of nitrogens with one attached hydrogen (secondary N) is 1. The molecule has 11 heteroatoms. The van der Waals surface area contributed by atoms with Crippen LogP contribution < -0.4 is 14.8 Å². The Kier molecular flexibility index (Phi) is 8.08. The number of hydrogen-bond acceptors (Lipinski definition) is 7. The van der Waals surface area contributed by atoms with Crippen molar-refractivity contribution in [2.24, 2.45) is 0 Å². The summed E-state index contributed by atoms with van der Waals surface area (Å²) in [6.45, 7) is -0.611. The Morgan fingerprint density at radius 2 is 1.74 bits per heavy atom. The van der Waals surface area contributed by atoms with Gasteiger partial charge in [0.05, 0.1) is 19.1 Å². The smallest absolute Gasteiger partial charge is 0.341 e. The Bertz CT molecular complexity index is 1070. The first-order valence-corrected chi connectivity index (χ1v) is 10.2. The Balaban J connectivity index is 1.90. The molecule has 1 N–H and O–H groups in total. The number of benzene rings is 2. The van der Waals surface area contributed by atoms with Crippen LogP contribution in [0, 0.1) is 0 Å². The summed E-state index contributed by atoms with van der Waals surface area (Å²) in [6.07, 6.45) is 2.56. The predicted octanol–water partition coefficient (Wildman–Crippen LogP) is 2.90. The second kappa shape index (κ2) is 10.5. The number of alkyl halides is 2. The third-order valence-corrected chi connectivity index (χ3v) is 5.28. The largest absolute Gasteiger partial charge is 0.497 e. The van der Waals surface area contributed by atoms with E-state index in [2.05, 4.69) is 5.32 Å². The number of amides is 1. The number of hydrogen-bond donors (Lipinski definition) is 1. The molecule has 8 nitrogen and oxygen atoms in total. The van der Waals surface area contributed by atoms with Gasteiger partial charge in [0.15, 0.2) is 6.61 Å². The van der Waals surface area contributed by atoms with Gasteiger partial charge in [-0.3, -0.25) is 4.79 Å². The van der Waals surface area contributed by atoms with Gasteiger partial charge in [0.2, 0.25) is 9.84 Å². The molecule has 0 heterocycles. The minimum atomic E-state index is -4.72. The molecule has 0 spiro atoms. The summed E-state index contributed by atoms with van der Waals surface area (Å²) in [7, 11) is -1.75. The van der Waals surface area contributed by atoms with Crippen molar-refractivity contribution in [2.75, 3.05) is 26.1 Å². The Morgan fingerprint density at radius 3 is 2.32 bits per heavy atom. The van der Waals surface area contributed by atoms with Gasteiger partial charge in [-0.05, 0) is 42.5 Å². The van der Waals surface area contributed by atoms with E-state index < -0.39 is 39.0 Å². The normalized spacial score (nSPS) is 11.4. The first kappa shape index (κ1) is 23.8. The average molecular weight is 455 g/mol. The lowest BCUT2D eigenvalue weighted by Crippen LogP contribution is -2.20. The number of halogens is 2. The van der Waals surface area contributed by atoms with Crippen molar-refractivity contribution in [1.82, 2.24) is 0 Å². The zero-order chi connectivity index (χ0) is 23.0. The van der Waals surface area contributed by atoms with Crippen molar-refractivity contribution in [1.29, 1.82) is 0 Å². The molecule has 166 valence electrons. The molecule has 0 radical (unpaired) electrons. The maximum Gasteiger partial charge on any atom is 0.341 e. The molecular formula is C20H19F2NO7S. The fraction of sp³-hybridized carbons (Fsp3) is 0.200. The van der Waals surface area contributed by atoms with Crippen LogP contribution in [0.2, 0.25) is 0 Å². The van der Waals surface area contributed by atoms with E-state index in [0.717, 1.165) is 30.3 Å². The highest BCUT2D eigenvalue weighted by molar-refractivity contribution is 7.91. The molecule has 0 aliphatic heterocycles. The maximum atomic E-state index is 12.5. The molecule has 0 saturated heterocycles. The molecule has 0 bridgehead atoms. The lowest BCUT2D eigenvalue weighted by molar-refractivity contribution is -0.142. The summed E-state index contributed by atoms with van der Waals surface area (Å²) in [6, 6.07) is 9.15. The van der Waals surface area contributed by atoms with Crippen LogP contribution in [0.25, 0.3) is 6.08 Å². The number of ether oxygens (including phenoxy) is 3. The number of carbonyl (C=O) groups excluding carboxylic acids is 2. The van der Waals surface area contributed by atoms with Crippen molar-refractivity contribution >= 4 is 33.5 Å². The zero-order valence-corrected chi connectivity index (χ0v) is 17.3. The summed E-state index contributed by atoms with van der Waals surface area (Å²) in [5.41, 5.74) is 0.733. The molecule has 2 aromatic rings. The van der Waals surface area contributed by atoms with E-state index in [4.69, 9.17) is 14.2 Å². The van der Waals surface area contributed by atoms with Crippen LogP contribution in [-0.4, -0.2) is 46.9 Å². The van der Waals surface area contributed by atoms with E-state index in [-0.39, 0.29) is 5.69 Å². The molecule has 0 fully saturated rings. The first-order chi connectivity index (χ1) is 14.7. The summed E-state index contributed by atoms with van der Waals surface area (Å²) in [5.74, 6) is -3.98. The summed E-state index contributed by atoms with van der Waals surface area (Å²) < 4.78 is 62.9. The first-order valence-electron chi connectivity index (χ1n) is 8.66. The number of anilines is 1. The summed E-state index contributed by atoms with van der Waals surface area (Å²) >= 11 is 0. The maximum absolute atomic E-state index is 12.5. The molecule has 0 atom stereocenters. The summed E-state index contributed by atoms with van der Waals surface area (Å²) in [5, 5.41) is 2.35. The van der Waals surface area contributed by atoms with E-state index in [0.29, 0.717) is 17.1 Å². The van der Waals surface area contributed by atoms with Gasteiger partial charge >= 0.3 is 11.7 Å². The number of methoxy groups -OCH3 is 2. The molecule has 0 aromatic heterocycles. The van der Waals surface area contributed by atoms with Gasteiger partial charge in [-0.15, -0.1) is 0 Å². The van der Waals surface area contributed by atoms with Crippen LogP contribution in [0.1, 0.15) is 5.56 Å². The van der Waals surface area contributed by atoms with Crippen molar-refractivity contribution in [3.8, 4) is 11.5 Å². The Hall–Kier alpha value is -3.47. The molecule has 0 aliphatic rings. The topological polar surface area (TPSA) is 108 Å². The third-order valence-electron chi connectivity index (χ3n) is 3.89. The lowest BCUT2D eigenvalue weighted by Gasteiger charge is -2.08. The van der Waals surface area contributed by atoms with E-state index >= 15 is 0 Å². The van der Waals surface area contributed by atoms with Crippen LogP contribution in [0.5, 0.6) is 11.5 Å². The average Bonchev–Trinajstić information content (AvgIpc) is 2.76. The highest BCUT2D eigenvalue weighted by Gasteiger charge is 2.26. The molecule has 0 unspecified atom stereocenters. The monoisotopic (exact) mass is 455 g/mol. The van der Waals surface area contributed by atoms with Gasteiger partial charge in [-0.2, -0.15) is 8.78 Å². The highest BCUT2D eigenvalue weighted by atomic mass is 32.2. The Labute approximate surface area is 177 Å². The summed E-state index contributed by atoms with van der Waals surface area (Å²) in [4.78, 5) is 23.1. The van der Waals surface area contributed by atoms with Gasteiger partial charge in [0, 0.05) is 23.4 Å². The standard InChI is InChI=1S/C20H19F2NO7S/c1-28-15-7-3-13(17(11-15)29-2)4-10-19(25)30-12-18(24)23-14-5-8-16(9-6-14)31(26,27)20(21)22/h3-11,20H,12H2,1-2H3,(H,23,24)/b10-4+. The molecule has 0 aliphatic carbocycles. The quantitative estimate of drug-likeness (QED) is 0.458. The minimum Gasteiger partial charge on any atom is -0.497 e. The zero-order valence-electron chi connectivity index (χ0n) is 16.5. The Morgan fingerprint density at radius 1 is 1.06 bits per heavy atom. The number of rotatable bonds is 9. The van der Waals surface area contributed by atoms with E-state index in [9.17, 15) is 26.8 Å². The predicted molar refractivity (Wildman–Crippen MR) is 108 cm³/mol. The fourth-order valence-electron chi connectivity index (χ4n) is 2.33. The molecule has 0 saturated carbocycles. The second-order valence-electron chi connectivity index (χ2n) is 5.93. The molecular weight excluding hydrogens is 436 g/mol. The van der Waals surface area contributed by atoms with E-state index in [1.165, 1.54) is 20.3 Å².